The molecule has 2 aromatic carbocycles. The van der Waals surface area contributed by atoms with Crippen LogP contribution < -0.4 is 21.5 Å². The van der Waals surface area contributed by atoms with Gasteiger partial charge in [0.25, 0.3) is 0 Å². The molecule has 1 heterocycles. The molecular weight excluding hydrogens is 364 g/mol. The monoisotopic (exact) mass is 392 g/mol. The third-order valence-electron chi connectivity index (χ3n) is 4.73. The molecule has 0 bridgehead atoms. The van der Waals surface area contributed by atoms with Gasteiger partial charge in [-0.25, -0.2) is 4.98 Å². The molecule has 0 aliphatic heterocycles. The molecule has 5 N–H and O–H groups in total. The van der Waals surface area contributed by atoms with E-state index >= 15 is 0 Å². The van der Waals surface area contributed by atoms with E-state index in [1.807, 2.05) is 66.7 Å². The van der Waals surface area contributed by atoms with E-state index in [0.717, 1.165) is 22.9 Å². The van der Waals surface area contributed by atoms with Gasteiger partial charge in [0.2, 0.25) is 11.8 Å². The predicted octanol–water partition coefficient (Wildman–Crippen LogP) is 2.41. The Morgan fingerprint density at radius 2 is 1.79 bits per heavy atom. The van der Waals surface area contributed by atoms with Crippen LogP contribution in [-0.4, -0.2) is 36.1 Å². The van der Waals surface area contributed by atoms with Gasteiger partial charge in [0, 0.05) is 11.5 Å². The number of pyridine rings is 1. The first-order chi connectivity index (χ1) is 14.2. The van der Waals surface area contributed by atoms with E-state index < -0.39 is 6.04 Å². The van der Waals surface area contributed by atoms with Crippen molar-refractivity contribution in [1.29, 1.82) is 0 Å². The number of carbonyl (C=O) groups excluding carboxylic acids is 1. The summed E-state index contributed by atoms with van der Waals surface area (Å²) in [6, 6.07) is 20.9. The van der Waals surface area contributed by atoms with Crippen LogP contribution in [0.2, 0.25) is 0 Å². The Kier molecular flexibility index (Phi) is 7.55. The number of para-hydroxylation sites is 1. The van der Waals surface area contributed by atoms with Gasteiger partial charge < -0.3 is 21.5 Å². The molecule has 1 aromatic heterocycles. The number of aromatic nitrogens is 1. The maximum Gasteiger partial charge on any atom is 0.237 e. The Labute approximate surface area is 171 Å². The summed E-state index contributed by atoms with van der Waals surface area (Å²) < 4.78 is 5.92. The average molecular weight is 393 g/mol. The van der Waals surface area contributed by atoms with Crippen molar-refractivity contribution in [3.8, 4) is 5.88 Å². The van der Waals surface area contributed by atoms with Crippen molar-refractivity contribution in [3.63, 3.8) is 0 Å². The fraction of sp³-hybridized carbons (Fsp3) is 0.304. The largest absolute Gasteiger partial charge is 0.475 e. The topological polar surface area (TPSA) is 103 Å². The van der Waals surface area contributed by atoms with E-state index in [9.17, 15) is 4.79 Å². The zero-order valence-electron chi connectivity index (χ0n) is 16.5. The highest BCUT2D eigenvalue weighted by Crippen LogP contribution is 2.16. The molecule has 1 amide bonds. The Balaban J connectivity index is 1.67. The summed E-state index contributed by atoms with van der Waals surface area (Å²) in [5.41, 5.74) is 13.5. The van der Waals surface area contributed by atoms with Crippen LogP contribution >= 0.6 is 0 Å². The van der Waals surface area contributed by atoms with E-state index in [1.165, 1.54) is 0 Å². The van der Waals surface area contributed by atoms with Gasteiger partial charge in [-0.15, -0.1) is 0 Å². The van der Waals surface area contributed by atoms with Crippen molar-refractivity contribution in [2.24, 2.45) is 11.5 Å². The molecule has 29 heavy (non-hydrogen) atoms. The number of hydrogen-bond donors (Lipinski definition) is 3. The molecule has 0 saturated carbocycles. The first-order valence-electron chi connectivity index (χ1n) is 9.94. The average Bonchev–Trinajstić information content (AvgIpc) is 2.76. The zero-order chi connectivity index (χ0) is 20.5. The second-order valence-corrected chi connectivity index (χ2v) is 7.09. The highest BCUT2D eigenvalue weighted by atomic mass is 16.5. The van der Waals surface area contributed by atoms with Gasteiger partial charge in [-0.1, -0.05) is 48.5 Å². The van der Waals surface area contributed by atoms with Crippen LogP contribution in [0, 0.1) is 0 Å². The van der Waals surface area contributed by atoms with Crippen LogP contribution in [0.5, 0.6) is 5.88 Å². The van der Waals surface area contributed by atoms with Crippen molar-refractivity contribution in [1.82, 2.24) is 10.3 Å². The fourth-order valence-electron chi connectivity index (χ4n) is 3.14. The number of carbonyl (C=O) groups is 1. The standard InChI is InChI=1S/C23H28N4O2/c24-14-6-10-20(25)23(28)26-19(15-17-7-2-1-3-8-17)16-29-22-13-12-18-9-4-5-11-21(18)27-22/h1-5,7-9,11-13,19-20H,6,10,14-16,24-25H2,(H,26,28)/t19-,20-/m1/s1. The fourth-order valence-corrected chi connectivity index (χ4v) is 3.14. The summed E-state index contributed by atoms with van der Waals surface area (Å²) in [6.07, 6.45) is 1.92. The van der Waals surface area contributed by atoms with Crippen LogP contribution in [0.4, 0.5) is 0 Å². The van der Waals surface area contributed by atoms with Gasteiger partial charge in [-0.05, 0) is 43.5 Å². The van der Waals surface area contributed by atoms with Gasteiger partial charge in [0.15, 0.2) is 0 Å². The van der Waals surface area contributed by atoms with E-state index in [0.29, 0.717) is 31.9 Å². The van der Waals surface area contributed by atoms with Gasteiger partial charge >= 0.3 is 0 Å². The molecule has 6 heteroatoms. The lowest BCUT2D eigenvalue weighted by atomic mass is 10.1. The van der Waals surface area contributed by atoms with Gasteiger partial charge in [-0.3, -0.25) is 4.79 Å². The normalized spacial score (nSPS) is 13.0. The Morgan fingerprint density at radius 1 is 1.03 bits per heavy atom. The van der Waals surface area contributed by atoms with Crippen LogP contribution in [0.1, 0.15) is 18.4 Å². The lowest BCUT2D eigenvalue weighted by Crippen LogP contribution is -2.48. The van der Waals surface area contributed by atoms with Crippen molar-refractivity contribution in [2.75, 3.05) is 13.2 Å². The molecule has 0 fully saturated rings. The number of fused-ring (bicyclic) bond motifs is 1. The molecule has 0 aliphatic carbocycles. The highest BCUT2D eigenvalue weighted by Gasteiger charge is 2.19. The molecule has 152 valence electrons. The third kappa shape index (κ3) is 6.27. The zero-order valence-corrected chi connectivity index (χ0v) is 16.5. The summed E-state index contributed by atoms with van der Waals surface area (Å²) in [5, 5.41) is 4.08. The minimum atomic E-state index is -0.574. The molecule has 0 unspecified atom stereocenters. The number of nitrogens with one attached hydrogen (secondary N) is 1. The lowest BCUT2D eigenvalue weighted by Gasteiger charge is -2.21. The quantitative estimate of drug-likeness (QED) is 0.492. The van der Waals surface area contributed by atoms with E-state index in [4.69, 9.17) is 16.2 Å². The minimum Gasteiger partial charge on any atom is -0.475 e. The smallest absolute Gasteiger partial charge is 0.237 e. The number of hydrogen-bond acceptors (Lipinski definition) is 5. The maximum atomic E-state index is 12.5. The first kappa shape index (κ1) is 20.8. The van der Waals surface area contributed by atoms with E-state index in [1.54, 1.807) is 0 Å². The number of benzene rings is 2. The molecule has 0 saturated heterocycles. The summed E-state index contributed by atoms with van der Waals surface area (Å²) >= 11 is 0. The number of nitrogens with zero attached hydrogens (tertiary/aromatic N) is 1. The van der Waals surface area contributed by atoms with Crippen molar-refractivity contribution < 1.29 is 9.53 Å². The van der Waals surface area contributed by atoms with E-state index in [-0.39, 0.29) is 11.9 Å². The van der Waals surface area contributed by atoms with Gasteiger partial charge in [0.05, 0.1) is 17.6 Å². The molecule has 0 radical (unpaired) electrons. The second-order valence-electron chi connectivity index (χ2n) is 7.09. The molecular formula is C23H28N4O2. The van der Waals surface area contributed by atoms with Crippen molar-refractivity contribution >= 4 is 16.8 Å². The number of nitrogens with two attached hydrogens (primary N) is 2. The summed E-state index contributed by atoms with van der Waals surface area (Å²) in [5.74, 6) is 0.345. The molecule has 3 rings (SSSR count). The van der Waals surface area contributed by atoms with Gasteiger partial charge in [-0.2, -0.15) is 0 Å². The third-order valence-corrected chi connectivity index (χ3v) is 4.73. The first-order valence-corrected chi connectivity index (χ1v) is 9.94. The number of ether oxygens (including phenoxy) is 1. The van der Waals surface area contributed by atoms with E-state index in [2.05, 4.69) is 10.3 Å². The summed E-state index contributed by atoms with van der Waals surface area (Å²) in [4.78, 5) is 17.0. The van der Waals surface area contributed by atoms with Crippen molar-refractivity contribution in [2.45, 2.75) is 31.3 Å². The molecule has 2 atom stereocenters. The minimum absolute atomic E-state index is 0.186. The molecule has 0 spiro atoms. The lowest BCUT2D eigenvalue weighted by molar-refractivity contribution is -0.123. The Hall–Kier alpha value is -2.96. The Bertz CT molecular complexity index is 917. The van der Waals surface area contributed by atoms with Crippen LogP contribution in [-0.2, 0) is 11.2 Å². The number of amides is 1. The van der Waals surface area contributed by atoms with Crippen LogP contribution in [0.15, 0.2) is 66.7 Å². The predicted molar refractivity (Wildman–Crippen MR) is 116 cm³/mol. The molecule has 6 nitrogen and oxygen atoms in total. The summed E-state index contributed by atoms with van der Waals surface area (Å²) in [7, 11) is 0. The highest BCUT2D eigenvalue weighted by molar-refractivity contribution is 5.81. The van der Waals surface area contributed by atoms with Crippen molar-refractivity contribution in [3.05, 3.63) is 72.3 Å². The second kappa shape index (κ2) is 10.5. The maximum absolute atomic E-state index is 12.5. The molecule has 3 aromatic rings. The van der Waals surface area contributed by atoms with Crippen LogP contribution in [0.3, 0.4) is 0 Å². The van der Waals surface area contributed by atoms with Gasteiger partial charge in [0.1, 0.15) is 6.61 Å². The molecule has 0 aliphatic rings. The Morgan fingerprint density at radius 3 is 2.59 bits per heavy atom. The number of rotatable bonds is 10. The van der Waals surface area contributed by atoms with Crippen LogP contribution in [0.25, 0.3) is 10.9 Å². The SMILES string of the molecule is NCCC[C@@H](N)C(=O)N[C@@H](COc1ccc2ccccc2n1)Cc1ccccc1. The summed E-state index contributed by atoms with van der Waals surface area (Å²) in [6.45, 7) is 0.820.